The lowest BCUT2D eigenvalue weighted by Gasteiger charge is -2.11. The van der Waals surface area contributed by atoms with E-state index < -0.39 is 0 Å². The Balaban J connectivity index is 0.000000273. The van der Waals surface area contributed by atoms with Crippen LogP contribution in [0, 0.1) is 0 Å². The molecule has 2 rings (SSSR count). The summed E-state index contributed by atoms with van der Waals surface area (Å²) < 4.78 is 0. The molecular formula is C15H27ClN10. The van der Waals surface area contributed by atoms with Crippen molar-refractivity contribution in [2.24, 2.45) is 0 Å². The summed E-state index contributed by atoms with van der Waals surface area (Å²) in [5, 5.41) is 6.34. The van der Waals surface area contributed by atoms with Gasteiger partial charge in [-0.05, 0) is 39.3 Å². The normalized spacial score (nSPS) is 10.7. The summed E-state index contributed by atoms with van der Waals surface area (Å²) in [6.45, 7) is 12.0. The third-order valence-corrected chi connectivity index (χ3v) is 2.82. The number of nitrogens with zero attached hydrogens (tertiary/aromatic N) is 6. The summed E-state index contributed by atoms with van der Waals surface area (Å²) >= 11 is 5.77. The van der Waals surface area contributed by atoms with Crippen LogP contribution in [0.3, 0.4) is 0 Å². The maximum Gasteiger partial charge on any atom is 0.228 e. The van der Waals surface area contributed by atoms with Crippen molar-refractivity contribution in [1.29, 1.82) is 0 Å². The SMILES string of the molecule is CC(C)Nc1nc(Cl)nc(NC(C)C)n1.CC(C)c1nc(N)nc(N)n1. The molecule has 2 aromatic rings. The maximum atomic E-state index is 5.77. The number of halogens is 1. The van der Waals surface area contributed by atoms with Crippen LogP contribution in [0.4, 0.5) is 23.8 Å². The van der Waals surface area contributed by atoms with Crippen LogP contribution in [0.2, 0.25) is 5.28 Å². The van der Waals surface area contributed by atoms with Gasteiger partial charge in [0.2, 0.25) is 29.1 Å². The first-order valence-corrected chi connectivity index (χ1v) is 8.66. The largest absolute Gasteiger partial charge is 0.368 e. The quantitative estimate of drug-likeness (QED) is 0.605. The van der Waals surface area contributed by atoms with Crippen LogP contribution in [-0.4, -0.2) is 42.0 Å². The van der Waals surface area contributed by atoms with Crippen LogP contribution in [-0.2, 0) is 0 Å². The molecule has 0 unspecified atom stereocenters. The summed E-state index contributed by atoms with van der Waals surface area (Å²) in [6, 6.07) is 0.519. The monoisotopic (exact) mass is 382 g/mol. The molecule has 10 nitrogen and oxygen atoms in total. The fourth-order valence-electron chi connectivity index (χ4n) is 1.68. The van der Waals surface area contributed by atoms with Gasteiger partial charge in [-0.1, -0.05) is 13.8 Å². The van der Waals surface area contributed by atoms with Gasteiger partial charge in [0.1, 0.15) is 5.82 Å². The first kappa shape index (κ1) is 21.6. The van der Waals surface area contributed by atoms with E-state index in [9.17, 15) is 0 Å². The molecule has 0 bridgehead atoms. The Morgan fingerprint density at radius 1 is 0.692 bits per heavy atom. The summed E-state index contributed by atoms with van der Waals surface area (Å²) in [5.41, 5.74) is 10.7. The van der Waals surface area contributed by atoms with Crippen molar-refractivity contribution in [3.63, 3.8) is 0 Å². The minimum absolute atomic E-state index is 0.182. The molecule has 0 radical (unpaired) electrons. The molecule has 2 aromatic heterocycles. The van der Waals surface area contributed by atoms with E-state index in [1.807, 2.05) is 41.5 Å². The lowest BCUT2D eigenvalue weighted by molar-refractivity contribution is 0.768. The van der Waals surface area contributed by atoms with E-state index in [0.717, 1.165) is 0 Å². The third kappa shape index (κ3) is 8.06. The number of hydrogen-bond acceptors (Lipinski definition) is 10. The molecule has 0 saturated carbocycles. The van der Waals surface area contributed by atoms with Gasteiger partial charge in [-0.3, -0.25) is 0 Å². The third-order valence-electron chi connectivity index (χ3n) is 2.65. The highest BCUT2D eigenvalue weighted by atomic mass is 35.5. The summed E-state index contributed by atoms with van der Waals surface area (Å²) in [5.74, 6) is 2.21. The molecule has 0 spiro atoms. The average Bonchev–Trinajstić information content (AvgIpc) is 2.44. The Kier molecular flexibility index (Phi) is 8.17. The predicted octanol–water partition coefficient (Wildman–Crippen LogP) is 2.32. The smallest absolute Gasteiger partial charge is 0.228 e. The number of rotatable bonds is 5. The Morgan fingerprint density at radius 3 is 1.46 bits per heavy atom. The van der Waals surface area contributed by atoms with Gasteiger partial charge >= 0.3 is 0 Å². The number of nitrogens with two attached hydrogens (primary N) is 2. The number of aromatic nitrogens is 6. The molecule has 0 aliphatic carbocycles. The lowest BCUT2D eigenvalue weighted by atomic mass is 10.2. The van der Waals surface area contributed by atoms with Gasteiger partial charge in [0.25, 0.3) is 0 Å². The van der Waals surface area contributed by atoms with Crippen LogP contribution in [0.5, 0.6) is 0 Å². The van der Waals surface area contributed by atoms with E-state index in [0.29, 0.717) is 17.7 Å². The average molecular weight is 383 g/mol. The summed E-state index contributed by atoms with van der Waals surface area (Å²) in [6.07, 6.45) is 0. The molecule has 0 saturated heterocycles. The highest BCUT2D eigenvalue weighted by molar-refractivity contribution is 6.28. The predicted molar refractivity (Wildman–Crippen MR) is 105 cm³/mol. The van der Waals surface area contributed by atoms with Gasteiger partial charge in [-0.25, -0.2) is 0 Å². The van der Waals surface area contributed by atoms with E-state index >= 15 is 0 Å². The zero-order valence-electron chi connectivity index (χ0n) is 15.9. The molecule has 0 aromatic carbocycles. The molecule has 0 aliphatic rings. The highest BCUT2D eigenvalue weighted by Gasteiger charge is 2.06. The summed E-state index contributed by atoms with van der Waals surface area (Å²) in [7, 11) is 0. The number of nitrogens with one attached hydrogen (secondary N) is 2. The van der Waals surface area contributed by atoms with Crippen LogP contribution in [0.15, 0.2) is 0 Å². The van der Waals surface area contributed by atoms with E-state index in [4.69, 9.17) is 23.1 Å². The van der Waals surface area contributed by atoms with Crippen LogP contribution in [0.25, 0.3) is 0 Å². The fraction of sp³-hybridized carbons (Fsp3) is 0.600. The zero-order valence-corrected chi connectivity index (χ0v) is 16.7. The molecule has 0 amide bonds. The fourth-order valence-corrected chi connectivity index (χ4v) is 1.84. The topological polar surface area (TPSA) is 153 Å². The highest BCUT2D eigenvalue weighted by Crippen LogP contribution is 2.11. The molecule has 0 fully saturated rings. The maximum absolute atomic E-state index is 5.77. The molecule has 6 N–H and O–H groups in total. The van der Waals surface area contributed by atoms with E-state index in [1.165, 1.54) is 0 Å². The zero-order chi connectivity index (χ0) is 19.9. The standard InChI is InChI=1S/C9H16ClN5.C6H11N5/c1-5(2)11-8-13-7(10)14-9(15-8)12-6(3)4;1-3(2)4-9-5(7)11-6(8)10-4/h5-6H,1-4H3,(H2,11,12,13,14,15);3H,1-2H3,(H4,7,8,9,10,11). The van der Waals surface area contributed by atoms with Crippen molar-refractivity contribution >= 4 is 35.4 Å². The van der Waals surface area contributed by atoms with Crippen molar-refractivity contribution in [2.75, 3.05) is 22.1 Å². The molecule has 0 aliphatic heterocycles. The number of anilines is 4. The molecule has 2 heterocycles. The minimum Gasteiger partial charge on any atom is -0.368 e. The van der Waals surface area contributed by atoms with Gasteiger partial charge in [0, 0.05) is 18.0 Å². The number of hydrogen-bond donors (Lipinski definition) is 4. The molecule has 26 heavy (non-hydrogen) atoms. The first-order valence-electron chi connectivity index (χ1n) is 8.28. The number of nitrogen functional groups attached to an aromatic ring is 2. The molecule has 11 heteroatoms. The van der Waals surface area contributed by atoms with E-state index in [-0.39, 0.29) is 35.2 Å². The van der Waals surface area contributed by atoms with Crippen molar-refractivity contribution in [1.82, 2.24) is 29.9 Å². The van der Waals surface area contributed by atoms with Gasteiger partial charge < -0.3 is 22.1 Å². The van der Waals surface area contributed by atoms with Crippen molar-refractivity contribution < 1.29 is 0 Å². The van der Waals surface area contributed by atoms with Crippen LogP contribution >= 0.6 is 11.6 Å². The molecule has 144 valence electrons. The van der Waals surface area contributed by atoms with Crippen molar-refractivity contribution in [3.05, 3.63) is 11.1 Å². The second-order valence-electron chi connectivity index (χ2n) is 6.41. The lowest BCUT2D eigenvalue weighted by Crippen LogP contribution is -2.17. The van der Waals surface area contributed by atoms with E-state index in [2.05, 4.69) is 40.5 Å². The second kappa shape index (κ2) is 9.85. The Hall–Kier alpha value is -2.49. The minimum atomic E-state index is 0.182. The van der Waals surface area contributed by atoms with Crippen molar-refractivity contribution in [2.45, 2.75) is 59.5 Å². The van der Waals surface area contributed by atoms with E-state index in [1.54, 1.807) is 0 Å². The Morgan fingerprint density at radius 2 is 1.12 bits per heavy atom. The van der Waals surface area contributed by atoms with Crippen molar-refractivity contribution in [3.8, 4) is 0 Å². The molecule has 0 atom stereocenters. The Bertz CT molecular complexity index is 656. The Labute approximate surface area is 158 Å². The second-order valence-corrected chi connectivity index (χ2v) is 6.75. The van der Waals surface area contributed by atoms with Crippen LogP contribution < -0.4 is 22.1 Å². The van der Waals surface area contributed by atoms with Gasteiger partial charge in [0.05, 0.1) is 0 Å². The van der Waals surface area contributed by atoms with Gasteiger partial charge in [-0.2, -0.15) is 29.9 Å². The van der Waals surface area contributed by atoms with Gasteiger partial charge in [-0.15, -0.1) is 0 Å². The van der Waals surface area contributed by atoms with Gasteiger partial charge in [0.15, 0.2) is 0 Å². The van der Waals surface area contributed by atoms with Crippen LogP contribution in [0.1, 0.15) is 53.3 Å². The first-order chi connectivity index (χ1) is 12.1. The summed E-state index contributed by atoms with van der Waals surface area (Å²) in [4.78, 5) is 23.6. The molecular weight excluding hydrogens is 356 g/mol.